The lowest BCUT2D eigenvalue weighted by atomic mass is 9.95. The van der Waals surface area contributed by atoms with Gasteiger partial charge in [-0.2, -0.15) is 0 Å². The van der Waals surface area contributed by atoms with Crippen LogP contribution in [0.1, 0.15) is 60.3 Å². The monoisotopic (exact) mass is 419 g/mol. The number of rotatable bonds is 4. The summed E-state index contributed by atoms with van der Waals surface area (Å²) in [5.74, 6) is 2.22. The lowest BCUT2D eigenvalue weighted by Gasteiger charge is -2.33. The van der Waals surface area contributed by atoms with Crippen LogP contribution >= 0.6 is 0 Å². The maximum atomic E-state index is 12.2. The second kappa shape index (κ2) is 8.23. The summed E-state index contributed by atoms with van der Waals surface area (Å²) in [6.07, 6.45) is 4.75. The molecule has 2 aromatic rings. The fourth-order valence-electron chi connectivity index (χ4n) is 5.49. The number of anilines is 2. The smallest absolute Gasteiger partial charge is 0.228 e. The number of likely N-dealkylation sites (N-methyl/N-ethyl adjacent to an activating group) is 1. The number of carbonyl (C=O) groups excluding carboxylic acids is 1. The molecule has 1 amide bonds. The highest BCUT2D eigenvalue weighted by molar-refractivity contribution is 5.94. The Kier molecular flexibility index (Phi) is 5.42. The highest BCUT2D eigenvalue weighted by Crippen LogP contribution is 2.33. The molecule has 4 heterocycles. The number of piperidine rings is 1. The number of aromatic nitrogens is 2. The molecule has 6 heteroatoms. The topological polar surface area (TPSA) is 52.6 Å². The highest BCUT2D eigenvalue weighted by atomic mass is 16.2. The van der Waals surface area contributed by atoms with Gasteiger partial charge in [0, 0.05) is 62.5 Å². The van der Waals surface area contributed by atoms with Crippen LogP contribution in [0.4, 0.5) is 11.5 Å². The molecule has 1 aromatic carbocycles. The molecule has 6 nitrogen and oxygen atoms in total. The van der Waals surface area contributed by atoms with Crippen LogP contribution in [0.3, 0.4) is 0 Å². The van der Waals surface area contributed by atoms with Crippen molar-refractivity contribution in [2.45, 2.75) is 58.4 Å². The average Bonchev–Trinajstić information content (AvgIpc) is 3.19. The highest BCUT2D eigenvalue weighted by Gasteiger charge is 2.29. The van der Waals surface area contributed by atoms with E-state index in [0.717, 1.165) is 81.3 Å². The van der Waals surface area contributed by atoms with Gasteiger partial charge in [-0.05, 0) is 63.3 Å². The van der Waals surface area contributed by atoms with Gasteiger partial charge < -0.3 is 4.90 Å². The molecule has 0 saturated carbocycles. The minimum atomic E-state index is 0.153. The first-order valence-electron chi connectivity index (χ1n) is 11.8. The molecular formula is C25H33N5O. The van der Waals surface area contributed by atoms with Gasteiger partial charge in [0.2, 0.25) is 5.91 Å². The average molecular weight is 420 g/mol. The predicted molar refractivity (Wildman–Crippen MR) is 124 cm³/mol. The van der Waals surface area contributed by atoms with Crippen molar-refractivity contribution < 1.29 is 4.79 Å². The zero-order valence-electron chi connectivity index (χ0n) is 19.0. The van der Waals surface area contributed by atoms with Gasteiger partial charge in [-0.25, -0.2) is 9.97 Å². The van der Waals surface area contributed by atoms with E-state index in [9.17, 15) is 4.79 Å². The maximum Gasteiger partial charge on any atom is 0.228 e. The number of hydrogen-bond donors (Lipinski definition) is 0. The molecule has 3 aliphatic rings. The standard InChI is InChI=1S/C25H33N5O/c1-4-30-13-11-19-14-18(7-9-22(19)30)15-29-12-5-6-20(16-29)24-26-17(2)21-8-10-23(31)28(3)25(21)27-24/h7,9,14,20H,4-6,8,10-13,15-16H2,1-3H3/t20-/m1/s1. The molecule has 3 aliphatic heterocycles. The first kappa shape index (κ1) is 20.4. The van der Waals surface area contributed by atoms with Crippen molar-refractivity contribution in [3.8, 4) is 0 Å². The second-order valence-corrected chi connectivity index (χ2v) is 9.29. The number of hydrogen-bond acceptors (Lipinski definition) is 5. The Morgan fingerprint density at radius 3 is 2.84 bits per heavy atom. The zero-order valence-corrected chi connectivity index (χ0v) is 19.0. The molecule has 0 radical (unpaired) electrons. The van der Waals surface area contributed by atoms with Crippen LogP contribution < -0.4 is 9.80 Å². The van der Waals surface area contributed by atoms with E-state index < -0.39 is 0 Å². The van der Waals surface area contributed by atoms with Crippen LogP contribution in [-0.4, -0.2) is 54.0 Å². The van der Waals surface area contributed by atoms with Crippen LogP contribution in [0, 0.1) is 6.92 Å². The molecule has 1 atom stereocenters. The SMILES string of the molecule is CCN1CCc2cc(CN3CCC[C@@H](c4nc(C)c5c(n4)N(C)C(=O)CC5)C3)ccc21. The van der Waals surface area contributed by atoms with Gasteiger partial charge in [0.15, 0.2) is 0 Å². The Morgan fingerprint density at radius 2 is 2.00 bits per heavy atom. The van der Waals surface area contributed by atoms with E-state index in [4.69, 9.17) is 9.97 Å². The van der Waals surface area contributed by atoms with Crippen LogP contribution in [0.15, 0.2) is 18.2 Å². The summed E-state index contributed by atoms with van der Waals surface area (Å²) in [5.41, 5.74) is 6.49. The van der Waals surface area contributed by atoms with Crippen molar-refractivity contribution in [2.24, 2.45) is 0 Å². The predicted octanol–water partition coefficient (Wildman–Crippen LogP) is 3.46. The summed E-state index contributed by atoms with van der Waals surface area (Å²) < 4.78 is 0. The van der Waals surface area contributed by atoms with Crippen LogP contribution in [0.5, 0.6) is 0 Å². The molecule has 0 unspecified atom stereocenters. The lowest BCUT2D eigenvalue weighted by Crippen LogP contribution is -2.36. The number of nitrogens with zero attached hydrogens (tertiary/aromatic N) is 5. The van der Waals surface area contributed by atoms with Gasteiger partial charge >= 0.3 is 0 Å². The third-order valence-electron chi connectivity index (χ3n) is 7.28. The van der Waals surface area contributed by atoms with E-state index in [-0.39, 0.29) is 5.91 Å². The second-order valence-electron chi connectivity index (χ2n) is 9.29. The van der Waals surface area contributed by atoms with Gasteiger partial charge in [0.05, 0.1) is 0 Å². The van der Waals surface area contributed by atoms with Crippen molar-refractivity contribution in [3.05, 3.63) is 46.4 Å². The number of benzene rings is 1. The number of likely N-dealkylation sites (tertiary alicyclic amines) is 1. The van der Waals surface area contributed by atoms with Crippen molar-refractivity contribution >= 4 is 17.4 Å². The van der Waals surface area contributed by atoms with E-state index in [0.29, 0.717) is 12.3 Å². The largest absolute Gasteiger partial charge is 0.371 e. The lowest BCUT2D eigenvalue weighted by molar-refractivity contribution is -0.118. The maximum absolute atomic E-state index is 12.2. The van der Waals surface area contributed by atoms with Gasteiger partial charge in [0.1, 0.15) is 11.6 Å². The molecule has 1 fully saturated rings. The van der Waals surface area contributed by atoms with E-state index >= 15 is 0 Å². The molecule has 5 rings (SSSR count). The number of carbonyl (C=O) groups is 1. The normalized spacial score (nSPS) is 21.4. The number of fused-ring (bicyclic) bond motifs is 2. The summed E-state index contributed by atoms with van der Waals surface area (Å²) in [7, 11) is 1.84. The minimum absolute atomic E-state index is 0.153. The van der Waals surface area contributed by atoms with Gasteiger partial charge in [-0.15, -0.1) is 0 Å². The summed E-state index contributed by atoms with van der Waals surface area (Å²) >= 11 is 0. The molecule has 31 heavy (non-hydrogen) atoms. The molecule has 0 aliphatic carbocycles. The molecule has 0 N–H and O–H groups in total. The summed E-state index contributed by atoms with van der Waals surface area (Å²) in [6, 6.07) is 7.02. The van der Waals surface area contributed by atoms with E-state index in [1.807, 2.05) is 7.05 Å². The first-order chi connectivity index (χ1) is 15.0. The van der Waals surface area contributed by atoms with E-state index in [2.05, 4.69) is 41.8 Å². The van der Waals surface area contributed by atoms with Crippen molar-refractivity contribution in [2.75, 3.05) is 43.0 Å². The van der Waals surface area contributed by atoms with E-state index in [1.54, 1.807) is 4.90 Å². The van der Waals surface area contributed by atoms with E-state index in [1.165, 1.54) is 16.8 Å². The first-order valence-corrected chi connectivity index (χ1v) is 11.8. The van der Waals surface area contributed by atoms with Gasteiger partial charge in [0.25, 0.3) is 0 Å². The number of aryl methyl sites for hydroxylation is 1. The third-order valence-corrected chi connectivity index (χ3v) is 7.28. The van der Waals surface area contributed by atoms with Crippen molar-refractivity contribution in [1.82, 2.24) is 14.9 Å². The van der Waals surface area contributed by atoms with Gasteiger partial charge in [-0.3, -0.25) is 14.6 Å². The molecule has 0 spiro atoms. The minimum Gasteiger partial charge on any atom is -0.371 e. The summed E-state index contributed by atoms with van der Waals surface area (Å²) in [5, 5.41) is 0. The molecule has 1 aromatic heterocycles. The quantitative estimate of drug-likeness (QED) is 0.760. The Balaban J connectivity index is 1.32. The van der Waals surface area contributed by atoms with Crippen molar-refractivity contribution in [1.29, 1.82) is 0 Å². The van der Waals surface area contributed by atoms with Crippen LogP contribution in [0.25, 0.3) is 0 Å². The Bertz CT molecular complexity index is 1000. The number of amides is 1. The summed E-state index contributed by atoms with van der Waals surface area (Å²) in [6.45, 7) is 9.62. The fraction of sp³-hybridized carbons (Fsp3) is 0.560. The molecule has 1 saturated heterocycles. The molecule has 0 bridgehead atoms. The fourth-order valence-corrected chi connectivity index (χ4v) is 5.49. The Morgan fingerprint density at radius 1 is 1.13 bits per heavy atom. The van der Waals surface area contributed by atoms with Crippen LogP contribution in [-0.2, 0) is 24.2 Å². The third kappa shape index (κ3) is 3.82. The molecular weight excluding hydrogens is 386 g/mol. The Hall–Kier alpha value is -2.47. The Labute approximate surface area is 185 Å². The van der Waals surface area contributed by atoms with Gasteiger partial charge in [-0.1, -0.05) is 12.1 Å². The zero-order chi connectivity index (χ0) is 21.5. The molecule has 164 valence electrons. The van der Waals surface area contributed by atoms with Crippen molar-refractivity contribution in [3.63, 3.8) is 0 Å². The van der Waals surface area contributed by atoms with Crippen LogP contribution in [0.2, 0.25) is 0 Å². The summed E-state index contributed by atoms with van der Waals surface area (Å²) in [4.78, 5) is 28.7.